The van der Waals surface area contributed by atoms with Crippen LogP contribution in [0.15, 0.2) is 65.7 Å². The Morgan fingerprint density at radius 3 is 2.21 bits per heavy atom. The van der Waals surface area contributed by atoms with E-state index in [9.17, 15) is 28.0 Å². The zero-order valence-corrected chi connectivity index (χ0v) is 25.5. The minimum absolute atomic E-state index is 0.00780. The van der Waals surface area contributed by atoms with E-state index in [0.717, 1.165) is 29.9 Å². The summed E-state index contributed by atoms with van der Waals surface area (Å²) in [6.45, 7) is 1.15. The number of carboxylic acid groups (broad SMARTS) is 1. The Kier molecular flexibility index (Phi) is 9.71. The van der Waals surface area contributed by atoms with Crippen LogP contribution in [0.2, 0.25) is 0 Å². The van der Waals surface area contributed by atoms with Crippen LogP contribution in [-0.4, -0.2) is 48.1 Å². The van der Waals surface area contributed by atoms with Crippen molar-refractivity contribution in [3.63, 3.8) is 0 Å². The quantitative estimate of drug-likeness (QED) is 0.266. The molecule has 0 spiro atoms. The van der Waals surface area contributed by atoms with Gasteiger partial charge in [0.15, 0.2) is 30.1 Å². The number of imide groups is 1. The maximum atomic E-state index is 14.7. The van der Waals surface area contributed by atoms with Crippen LogP contribution in [0.25, 0.3) is 0 Å². The molecule has 244 valence electrons. The number of anilines is 2. The van der Waals surface area contributed by atoms with Gasteiger partial charge in [0, 0.05) is 17.2 Å². The number of hydrogen-bond donors (Lipinski definition) is 1. The molecule has 0 saturated carbocycles. The number of carbonyl (C=O) groups excluding carboxylic acids is 3. The number of halogens is 2. The molecule has 0 bridgehead atoms. The lowest BCUT2D eigenvalue weighted by atomic mass is 9.93. The third-order valence-electron chi connectivity index (χ3n) is 7.63. The molecule has 1 aliphatic carbocycles. The predicted molar refractivity (Wildman–Crippen MR) is 166 cm³/mol. The van der Waals surface area contributed by atoms with Gasteiger partial charge in [-0.2, -0.15) is 5.26 Å². The fraction of sp³-hybridized carbons (Fsp3) is 0.229. The van der Waals surface area contributed by atoms with Crippen molar-refractivity contribution in [1.29, 1.82) is 5.26 Å². The monoisotopic (exact) mass is 655 g/mol. The molecule has 3 aliphatic rings. The number of hydrogen-bond acceptors (Lipinski definition) is 8. The maximum absolute atomic E-state index is 14.7. The molecule has 48 heavy (non-hydrogen) atoms. The zero-order chi connectivity index (χ0) is 34.5. The van der Waals surface area contributed by atoms with E-state index < -0.39 is 35.5 Å². The molecule has 1 atom stereocenters. The van der Waals surface area contributed by atoms with Gasteiger partial charge in [0.2, 0.25) is 0 Å². The third-order valence-corrected chi connectivity index (χ3v) is 7.63. The highest BCUT2D eigenvalue weighted by molar-refractivity contribution is 6.33. The van der Waals surface area contributed by atoms with Crippen LogP contribution in [0, 0.1) is 35.3 Å². The molecule has 3 aromatic rings. The van der Waals surface area contributed by atoms with Crippen LogP contribution in [0.5, 0.6) is 23.0 Å². The number of aliphatic carboxylic acids is 1. The average Bonchev–Trinajstić information content (AvgIpc) is 3.33. The number of ether oxygens (including phenoxy) is 3. The summed E-state index contributed by atoms with van der Waals surface area (Å²) < 4.78 is 44.2. The van der Waals surface area contributed by atoms with Crippen LogP contribution >= 0.6 is 0 Å². The summed E-state index contributed by atoms with van der Waals surface area (Å²) in [4.78, 5) is 50.2. The zero-order valence-electron chi connectivity index (χ0n) is 25.5. The molecule has 2 heterocycles. The molecule has 0 fully saturated rings. The Bertz CT molecular complexity index is 1900. The van der Waals surface area contributed by atoms with Crippen molar-refractivity contribution in [2.75, 3.05) is 23.0 Å². The molecule has 0 aromatic heterocycles. The molecule has 2 aliphatic heterocycles. The first-order valence-corrected chi connectivity index (χ1v) is 14.7. The molecule has 0 saturated heterocycles. The fourth-order valence-corrected chi connectivity index (χ4v) is 5.23. The molecule has 3 aromatic carbocycles. The minimum atomic E-state index is -1.07. The maximum Gasteiger partial charge on any atom is 0.344 e. The Labute approximate surface area is 273 Å². The van der Waals surface area contributed by atoms with Gasteiger partial charge in [0.05, 0.1) is 29.6 Å². The normalized spacial score (nSPS) is 15.6. The number of nitrogens with zero attached hydrogens (tertiary/aromatic N) is 3. The van der Waals surface area contributed by atoms with Crippen molar-refractivity contribution in [2.24, 2.45) is 0 Å². The standard InChI is InChI=1S/C19H15FN2O4.C16H12FNO4/c1-2-7-21-15-9-14(13(20)8-16(15)26-10-17(21)23)22-18(24)11-5-3-4-6-12(11)19(22)25;1-10(16(19)20)21-12-3-5-13(6-4-12)22-15-7-2-11(9-18)8-14(15)17/h1,8-9H,3-7,10H2;2-8,10H,1H3,(H,19,20)/t;10-/m.1/s1. The average molecular weight is 656 g/mol. The van der Waals surface area contributed by atoms with Gasteiger partial charge in [-0.25, -0.2) is 18.5 Å². The first-order valence-electron chi connectivity index (χ1n) is 14.7. The van der Waals surface area contributed by atoms with Gasteiger partial charge in [0.1, 0.15) is 17.2 Å². The largest absolute Gasteiger partial charge is 0.481 e. The van der Waals surface area contributed by atoms with Crippen LogP contribution in [-0.2, 0) is 19.2 Å². The van der Waals surface area contributed by atoms with Crippen molar-refractivity contribution < 1.29 is 47.3 Å². The number of amides is 3. The number of rotatable bonds is 7. The Hall–Kier alpha value is -6.21. The van der Waals surface area contributed by atoms with Gasteiger partial charge in [-0.3, -0.25) is 19.3 Å². The summed E-state index contributed by atoms with van der Waals surface area (Å²) in [5.41, 5.74) is 1.20. The van der Waals surface area contributed by atoms with Gasteiger partial charge in [-0.05, 0) is 81.1 Å². The van der Waals surface area contributed by atoms with E-state index in [1.807, 2.05) is 6.07 Å². The van der Waals surface area contributed by atoms with E-state index in [2.05, 4.69) is 5.92 Å². The molecular formula is C35H27F2N3O8. The van der Waals surface area contributed by atoms with Crippen LogP contribution in [0.4, 0.5) is 20.2 Å². The molecule has 1 N–H and O–H groups in total. The highest BCUT2D eigenvalue weighted by Crippen LogP contribution is 2.41. The van der Waals surface area contributed by atoms with Gasteiger partial charge < -0.3 is 19.3 Å². The Morgan fingerprint density at radius 1 is 0.979 bits per heavy atom. The molecule has 0 radical (unpaired) electrons. The van der Waals surface area contributed by atoms with Gasteiger partial charge >= 0.3 is 5.97 Å². The van der Waals surface area contributed by atoms with Gasteiger partial charge in [0.25, 0.3) is 17.7 Å². The summed E-state index contributed by atoms with van der Waals surface area (Å²) in [6.07, 6.45) is 7.04. The lowest BCUT2D eigenvalue weighted by molar-refractivity contribution is -0.144. The number of nitriles is 1. The van der Waals surface area contributed by atoms with Crippen LogP contribution in [0.3, 0.4) is 0 Å². The Morgan fingerprint density at radius 2 is 1.62 bits per heavy atom. The first-order chi connectivity index (χ1) is 23.0. The minimum Gasteiger partial charge on any atom is -0.481 e. The predicted octanol–water partition coefficient (Wildman–Crippen LogP) is 5.27. The highest BCUT2D eigenvalue weighted by atomic mass is 19.1. The SMILES string of the molecule is C#CCN1C(=O)COc2cc(F)c(N3C(=O)C4=C(CCCC4)C3=O)cc21.C[C@@H](Oc1ccc(Oc2ccc(C#N)cc2F)cc1)C(=O)O. The van der Waals surface area contributed by atoms with Crippen molar-refractivity contribution >= 4 is 35.1 Å². The van der Waals surface area contributed by atoms with Crippen molar-refractivity contribution in [2.45, 2.75) is 38.7 Å². The van der Waals surface area contributed by atoms with E-state index >= 15 is 0 Å². The summed E-state index contributed by atoms with van der Waals surface area (Å²) in [5.74, 6) is -0.588. The van der Waals surface area contributed by atoms with E-state index in [-0.39, 0.29) is 47.5 Å². The molecule has 3 amide bonds. The van der Waals surface area contributed by atoms with Gasteiger partial charge in [-0.15, -0.1) is 6.42 Å². The Balaban J connectivity index is 0.000000191. The third kappa shape index (κ3) is 6.81. The summed E-state index contributed by atoms with van der Waals surface area (Å²) in [6, 6.07) is 14.2. The number of fused-ring (bicyclic) bond motifs is 1. The van der Waals surface area contributed by atoms with Crippen molar-refractivity contribution in [3.05, 3.63) is 82.9 Å². The number of terminal acetylenes is 1. The van der Waals surface area contributed by atoms with Crippen LogP contribution < -0.4 is 24.0 Å². The summed E-state index contributed by atoms with van der Waals surface area (Å²) in [7, 11) is 0. The first kappa shape index (κ1) is 33.2. The molecular weight excluding hydrogens is 628 g/mol. The molecule has 6 rings (SSSR count). The van der Waals surface area contributed by atoms with Crippen molar-refractivity contribution in [3.8, 4) is 41.4 Å². The summed E-state index contributed by atoms with van der Waals surface area (Å²) in [5, 5.41) is 17.4. The fourth-order valence-electron chi connectivity index (χ4n) is 5.23. The van der Waals surface area contributed by atoms with Crippen LogP contribution in [0.1, 0.15) is 38.2 Å². The molecule has 11 nitrogen and oxygen atoms in total. The van der Waals surface area contributed by atoms with Gasteiger partial charge in [-0.1, -0.05) is 5.92 Å². The second kappa shape index (κ2) is 14.1. The second-order valence-corrected chi connectivity index (χ2v) is 10.8. The van der Waals surface area contributed by atoms with E-state index in [1.54, 1.807) is 0 Å². The lowest BCUT2D eigenvalue weighted by Crippen LogP contribution is -2.39. The second-order valence-electron chi connectivity index (χ2n) is 10.8. The molecule has 0 unspecified atom stereocenters. The number of carbonyl (C=O) groups is 4. The highest BCUT2D eigenvalue weighted by Gasteiger charge is 2.41. The molecule has 13 heteroatoms. The lowest BCUT2D eigenvalue weighted by Gasteiger charge is -2.29. The van der Waals surface area contributed by atoms with E-state index in [0.29, 0.717) is 35.5 Å². The van der Waals surface area contributed by atoms with E-state index in [4.69, 9.17) is 31.0 Å². The smallest absolute Gasteiger partial charge is 0.344 e. The van der Waals surface area contributed by atoms with Crippen molar-refractivity contribution in [1.82, 2.24) is 0 Å². The summed E-state index contributed by atoms with van der Waals surface area (Å²) >= 11 is 0. The van der Waals surface area contributed by atoms with E-state index in [1.165, 1.54) is 54.3 Å². The number of benzene rings is 3. The topological polar surface area (TPSA) is 146 Å². The number of carboxylic acids is 1.